The number of hydrogen-bond acceptors (Lipinski definition) is 2. The van der Waals surface area contributed by atoms with Crippen LogP contribution in [0, 0.1) is 0 Å². The zero-order chi connectivity index (χ0) is 19.3. The van der Waals surface area contributed by atoms with Gasteiger partial charge in [0.15, 0.2) is 0 Å². The third-order valence-electron chi connectivity index (χ3n) is 4.85. The van der Waals surface area contributed by atoms with E-state index in [0.717, 1.165) is 29.0 Å². The molecule has 0 bridgehead atoms. The number of benzene rings is 3. The molecule has 0 atom stereocenters. The van der Waals surface area contributed by atoms with Gasteiger partial charge < -0.3 is 9.30 Å². The number of rotatable bonds is 6. The van der Waals surface area contributed by atoms with Crippen LogP contribution in [0.1, 0.15) is 11.4 Å². The standard InChI is InChI=1S/C24H21BrN2O/c1-28-21-6-4-5-20(15-21)23-8-3-2-7-22(23)19-11-9-18(10-12-19)17-27-14-13-26-24(27)16-25/h2-15H,16-17H2,1H3. The van der Waals surface area contributed by atoms with Crippen LogP contribution in [-0.4, -0.2) is 16.7 Å². The van der Waals surface area contributed by atoms with E-state index in [1.165, 1.54) is 22.3 Å². The summed E-state index contributed by atoms with van der Waals surface area (Å²) in [5, 5.41) is 0.756. The van der Waals surface area contributed by atoms with Crippen LogP contribution < -0.4 is 4.74 Å². The summed E-state index contributed by atoms with van der Waals surface area (Å²) in [7, 11) is 1.70. The Morgan fingerprint density at radius 1 is 0.893 bits per heavy atom. The van der Waals surface area contributed by atoms with E-state index in [0.29, 0.717) is 0 Å². The molecule has 4 aromatic rings. The molecule has 1 aromatic heterocycles. The number of hydrogen-bond donors (Lipinski definition) is 0. The number of aromatic nitrogens is 2. The van der Waals surface area contributed by atoms with Crippen LogP contribution in [0.25, 0.3) is 22.3 Å². The second kappa shape index (κ2) is 8.44. The normalized spacial score (nSPS) is 10.8. The lowest BCUT2D eigenvalue weighted by Crippen LogP contribution is -2.02. The molecule has 0 aliphatic carbocycles. The van der Waals surface area contributed by atoms with Crippen LogP contribution in [0.4, 0.5) is 0 Å². The van der Waals surface area contributed by atoms with Gasteiger partial charge >= 0.3 is 0 Å². The molecule has 0 amide bonds. The molecular formula is C24H21BrN2O. The number of imidazole rings is 1. The van der Waals surface area contributed by atoms with E-state index in [9.17, 15) is 0 Å². The van der Waals surface area contributed by atoms with E-state index >= 15 is 0 Å². The molecule has 0 aliphatic rings. The first-order chi connectivity index (χ1) is 13.8. The van der Waals surface area contributed by atoms with Gasteiger partial charge in [-0.15, -0.1) is 0 Å². The molecule has 0 N–H and O–H groups in total. The third-order valence-corrected chi connectivity index (χ3v) is 5.35. The van der Waals surface area contributed by atoms with Crippen molar-refractivity contribution < 1.29 is 4.74 Å². The van der Waals surface area contributed by atoms with Gasteiger partial charge in [0, 0.05) is 18.9 Å². The first-order valence-corrected chi connectivity index (χ1v) is 10.3. The second-order valence-corrected chi connectivity index (χ2v) is 7.14. The maximum atomic E-state index is 5.40. The fourth-order valence-electron chi connectivity index (χ4n) is 3.38. The van der Waals surface area contributed by atoms with Crippen molar-refractivity contribution in [2.24, 2.45) is 0 Å². The van der Waals surface area contributed by atoms with E-state index < -0.39 is 0 Å². The molecule has 1 heterocycles. The number of halogens is 1. The van der Waals surface area contributed by atoms with Crippen molar-refractivity contribution in [1.29, 1.82) is 0 Å². The van der Waals surface area contributed by atoms with Crippen LogP contribution >= 0.6 is 15.9 Å². The molecule has 0 saturated heterocycles. The van der Waals surface area contributed by atoms with Crippen molar-refractivity contribution in [3.05, 3.63) is 96.6 Å². The van der Waals surface area contributed by atoms with Crippen LogP contribution in [0.3, 0.4) is 0 Å². The van der Waals surface area contributed by atoms with Crippen molar-refractivity contribution in [1.82, 2.24) is 9.55 Å². The van der Waals surface area contributed by atoms with E-state index in [1.54, 1.807) is 7.11 Å². The van der Waals surface area contributed by atoms with Gasteiger partial charge in [-0.1, -0.05) is 76.6 Å². The van der Waals surface area contributed by atoms with Crippen LogP contribution in [-0.2, 0) is 11.9 Å². The van der Waals surface area contributed by atoms with Gasteiger partial charge in [-0.05, 0) is 39.9 Å². The highest BCUT2D eigenvalue weighted by molar-refractivity contribution is 9.08. The Balaban J connectivity index is 1.65. The van der Waals surface area contributed by atoms with Gasteiger partial charge in [-0.3, -0.25) is 0 Å². The Kier molecular flexibility index (Phi) is 5.58. The lowest BCUT2D eigenvalue weighted by Gasteiger charge is -2.12. The molecule has 3 aromatic carbocycles. The van der Waals surface area contributed by atoms with E-state index in [4.69, 9.17) is 4.74 Å². The summed E-state index contributed by atoms with van der Waals surface area (Å²) in [6.45, 7) is 0.818. The summed E-state index contributed by atoms with van der Waals surface area (Å²) < 4.78 is 7.56. The second-order valence-electron chi connectivity index (χ2n) is 6.58. The number of alkyl halides is 1. The first-order valence-electron chi connectivity index (χ1n) is 9.17. The highest BCUT2D eigenvalue weighted by Gasteiger charge is 2.08. The molecule has 3 nitrogen and oxygen atoms in total. The maximum Gasteiger partial charge on any atom is 0.119 e. The third kappa shape index (κ3) is 3.87. The summed E-state index contributed by atoms with van der Waals surface area (Å²) in [6.07, 6.45) is 3.86. The molecular weight excluding hydrogens is 412 g/mol. The van der Waals surface area contributed by atoms with Crippen molar-refractivity contribution in [3.63, 3.8) is 0 Å². The molecule has 0 aliphatic heterocycles. The highest BCUT2D eigenvalue weighted by atomic mass is 79.9. The Hall–Kier alpha value is -2.85. The summed E-state index contributed by atoms with van der Waals surface area (Å²) in [6, 6.07) is 25.5. The SMILES string of the molecule is COc1cccc(-c2ccccc2-c2ccc(Cn3ccnc3CBr)cc2)c1. The van der Waals surface area contributed by atoms with Gasteiger partial charge in [0.05, 0.1) is 12.4 Å². The van der Waals surface area contributed by atoms with Crippen LogP contribution in [0.15, 0.2) is 85.2 Å². The molecule has 0 fully saturated rings. The van der Waals surface area contributed by atoms with Gasteiger partial charge in [-0.2, -0.15) is 0 Å². The topological polar surface area (TPSA) is 27.1 Å². The zero-order valence-electron chi connectivity index (χ0n) is 15.7. The first kappa shape index (κ1) is 18.5. The Morgan fingerprint density at radius 3 is 2.36 bits per heavy atom. The van der Waals surface area contributed by atoms with Gasteiger partial charge in [0.1, 0.15) is 11.6 Å². The van der Waals surface area contributed by atoms with Gasteiger partial charge in [0.2, 0.25) is 0 Å². The number of nitrogens with zero attached hydrogens (tertiary/aromatic N) is 2. The largest absolute Gasteiger partial charge is 0.497 e. The van der Waals surface area contributed by atoms with Crippen LogP contribution in [0.5, 0.6) is 5.75 Å². The lowest BCUT2D eigenvalue weighted by molar-refractivity contribution is 0.415. The highest BCUT2D eigenvalue weighted by Crippen LogP contribution is 2.33. The Bertz CT molecular complexity index is 1070. The van der Waals surface area contributed by atoms with Gasteiger partial charge in [-0.25, -0.2) is 4.98 Å². The Morgan fingerprint density at radius 2 is 1.64 bits per heavy atom. The minimum absolute atomic E-state index is 0.756. The molecule has 4 heteroatoms. The minimum Gasteiger partial charge on any atom is -0.497 e. The van der Waals surface area contributed by atoms with Crippen molar-refractivity contribution in [2.75, 3.05) is 7.11 Å². The fraction of sp³-hybridized carbons (Fsp3) is 0.125. The Labute approximate surface area is 173 Å². The lowest BCUT2D eigenvalue weighted by atomic mass is 9.94. The van der Waals surface area contributed by atoms with Gasteiger partial charge in [0.25, 0.3) is 0 Å². The molecule has 4 rings (SSSR count). The van der Waals surface area contributed by atoms with Crippen LogP contribution in [0.2, 0.25) is 0 Å². The molecule has 0 spiro atoms. The average molecular weight is 433 g/mol. The van der Waals surface area contributed by atoms with Crippen molar-refractivity contribution in [3.8, 4) is 28.0 Å². The summed E-state index contributed by atoms with van der Waals surface area (Å²) in [5.74, 6) is 1.90. The van der Waals surface area contributed by atoms with E-state index in [-0.39, 0.29) is 0 Å². The van der Waals surface area contributed by atoms with Crippen molar-refractivity contribution >= 4 is 15.9 Å². The molecule has 0 unspecified atom stereocenters. The van der Waals surface area contributed by atoms with E-state index in [1.807, 2.05) is 24.5 Å². The number of methoxy groups -OCH3 is 1. The molecule has 140 valence electrons. The summed E-state index contributed by atoms with van der Waals surface area (Å²) >= 11 is 3.49. The maximum absolute atomic E-state index is 5.40. The fourth-order valence-corrected chi connectivity index (χ4v) is 3.85. The quantitative estimate of drug-likeness (QED) is 0.340. The minimum atomic E-state index is 0.756. The van der Waals surface area contributed by atoms with Crippen molar-refractivity contribution in [2.45, 2.75) is 11.9 Å². The number of ether oxygens (including phenoxy) is 1. The molecule has 28 heavy (non-hydrogen) atoms. The average Bonchev–Trinajstić information content (AvgIpc) is 3.21. The molecule has 0 radical (unpaired) electrons. The zero-order valence-corrected chi connectivity index (χ0v) is 17.3. The predicted octanol–water partition coefficient (Wildman–Crippen LogP) is 6.17. The summed E-state index contributed by atoms with van der Waals surface area (Å²) in [4.78, 5) is 4.36. The molecule has 0 saturated carbocycles. The monoisotopic (exact) mass is 432 g/mol. The summed E-state index contributed by atoms with van der Waals surface area (Å²) in [5.41, 5.74) is 6.02. The predicted molar refractivity (Wildman–Crippen MR) is 118 cm³/mol. The van der Waals surface area contributed by atoms with E-state index in [2.05, 4.69) is 86.1 Å². The smallest absolute Gasteiger partial charge is 0.119 e.